The minimum Gasteiger partial charge on any atom is -0.340 e. The minimum atomic E-state index is 0.675. The Morgan fingerprint density at radius 1 is 1.19 bits per heavy atom. The number of aryl methyl sites for hydroxylation is 1. The van der Waals surface area contributed by atoms with Crippen LogP contribution in [0.4, 0.5) is 11.5 Å². The molecular formula is C16H18N4S. The molecule has 2 heterocycles. The first-order valence-electron chi connectivity index (χ1n) is 7.09. The van der Waals surface area contributed by atoms with Crippen LogP contribution in [0.5, 0.6) is 0 Å². The van der Waals surface area contributed by atoms with Crippen molar-refractivity contribution in [1.82, 2.24) is 9.97 Å². The number of fused-ring (bicyclic) bond motifs is 1. The van der Waals surface area contributed by atoms with E-state index >= 15 is 0 Å². The molecule has 0 saturated heterocycles. The quantitative estimate of drug-likeness (QED) is 0.756. The van der Waals surface area contributed by atoms with E-state index < -0.39 is 0 Å². The van der Waals surface area contributed by atoms with Crippen LogP contribution in [0.2, 0.25) is 0 Å². The Bertz CT molecular complexity index is 734. The maximum absolute atomic E-state index is 5.57. The second kappa shape index (κ2) is 6.20. The fraction of sp³-hybridized carbons (Fsp3) is 0.250. The number of benzene rings is 1. The Balaban J connectivity index is 1.88. The molecule has 0 saturated carbocycles. The predicted octanol–water partition coefficient (Wildman–Crippen LogP) is 3.50. The summed E-state index contributed by atoms with van der Waals surface area (Å²) in [6.45, 7) is 2.83. The Morgan fingerprint density at radius 3 is 2.71 bits per heavy atom. The summed E-state index contributed by atoms with van der Waals surface area (Å²) in [7, 11) is 0. The van der Waals surface area contributed by atoms with Crippen LogP contribution in [-0.2, 0) is 12.8 Å². The maximum atomic E-state index is 5.57. The number of nitrogens with two attached hydrogens (primary N) is 1. The number of aromatic nitrogens is 2. The molecule has 0 spiro atoms. The van der Waals surface area contributed by atoms with Crippen molar-refractivity contribution in [3.8, 4) is 0 Å². The molecule has 0 aliphatic rings. The molecule has 21 heavy (non-hydrogen) atoms. The van der Waals surface area contributed by atoms with E-state index in [1.54, 1.807) is 17.7 Å². The lowest BCUT2D eigenvalue weighted by Gasteiger charge is -2.07. The van der Waals surface area contributed by atoms with Gasteiger partial charge in [0.05, 0.1) is 5.39 Å². The summed E-state index contributed by atoms with van der Waals surface area (Å²) in [5.41, 5.74) is 7.85. The minimum absolute atomic E-state index is 0.675. The van der Waals surface area contributed by atoms with Gasteiger partial charge in [-0.2, -0.15) is 0 Å². The highest BCUT2D eigenvalue weighted by Crippen LogP contribution is 2.30. The zero-order chi connectivity index (χ0) is 14.7. The third kappa shape index (κ3) is 3.04. The summed E-state index contributed by atoms with van der Waals surface area (Å²) in [5, 5.41) is 4.47. The maximum Gasteiger partial charge on any atom is 0.142 e. The summed E-state index contributed by atoms with van der Waals surface area (Å²) in [4.78, 5) is 11.1. The van der Waals surface area contributed by atoms with E-state index in [1.165, 1.54) is 10.4 Å². The smallest absolute Gasteiger partial charge is 0.142 e. The standard InChI is InChI=1S/C16H18N4S/c1-2-13-9-14-15(18-10-19-16(14)21-13)20-12-5-3-11(4-6-12)7-8-17/h3-6,9-10H,2,7-8,17H2,1H3,(H,18,19,20). The summed E-state index contributed by atoms with van der Waals surface area (Å²) in [5.74, 6) is 0.863. The molecule has 3 aromatic rings. The third-order valence-corrected chi connectivity index (χ3v) is 4.57. The van der Waals surface area contributed by atoms with Crippen LogP contribution in [0.25, 0.3) is 10.2 Å². The van der Waals surface area contributed by atoms with Crippen molar-refractivity contribution < 1.29 is 0 Å². The number of nitrogens with one attached hydrogen (secondary N) is 1. The summed E-state index contributed by atoms with van der Waals surface area (Å²) in [6.07, 6.45) is 3.54. The van der Waals surface area contributed by atoms with Crippen molar-refractivity contribution in [1.29, 1.82) is 0 Å². The van der Waals surface area contributed by atoms with Crippen molar-refractivity contribution >= 4 is 33.1 Å². The van der Waals surface area contributed by atoms with E-state index in [9.17, 15) is 0 Å². The fourth-order valence-corrected chi connectivity index (χ4v) is 3.17. The predicted molar refractivity (Wildman–Crippen MR) is 89.3 cm³/mol. The van der Waals surface area contributed by atoms with Crippen molar-refractivity contribution in [2.75, 3.05) is 11.9 Å². The monoisotopic (exact) mass is 298 g/mol. The number of nitrogens with zero attached hydrogens (tertiary/aromatic N) is 2. The van der Waals surface area contributed by atoms with Gasteiger partial charge in [0.2, 0.25) is 0 Å². The number of anilines is 2. The van der Waals surface area contributed by atoms with Crippen molar-refractivity contribution in [3.63, 3.8) is 0 Å². The number of rotatable bonds is 5. The highest BCUT2D eigenvalue weighted by Gasteiger charge is 2.08. The zero-order valence-electron chi connectivity index (χ0n) is 12.0. The van der Waals surface area contributed by atoms with E-state index in [1.807, 2.05) is 0 Å². The van der Waals surface area contributed by atoms with Crippen molar-refractivity contribution in [2.24, 2.45) is 5.73 Å². The highest BCUT2D eigenvalue weighted by molar-refractivity contribution is 7.18. The van der Waals surface area contributed by atoms with E-state index in [0.717, 1.165) is 34.6 Å². The molecule has 0 aliphatic carbocycles. The second-order valence-corrected chi connectivity index (χ2v) is 5.98. The van der Waals surface area contributed by atoms with Crippen LogP contribution < -0.4 is 11.1 Å². The molecule has 3 N–H and O–H groups in total. The summed E-state index contributed by atoms with van der Waals surface area (Å²) in [6, 6.07) is 10.5. The van der Waals surface area contributed by atoms with Crippen LogP contribution in [0.1, 0.15) is 17.4 Å². The molecule has 5 heteroatoms. The molecule has 0 unspecified atom stereocenters. The molecule has 4 nitrogen and oxygen atoms in total. The van der Waals surface area contributed by atoms with Gasteiger partial charge in [-0.05, 0) is 43.1 Å². The molecular weight excluding hydrogens is 280 g/mol. The molecule has 2 aromatic heterocycles. The summed E-state index contributed by atoms with van der Waals surface area (Å²) >= 11 is 1.73. The molecule has 0 aliphatic heterocycles. The lowest BCUT2D eigenvalue weighted by molar-refractivity contribution is 0.969. The van der Waals surface area contributed by atoms with Gasteiger partial charge in [-0.1, -0.05) is 19.1 Å². The van der Waals surface area contributed by atoms with E-state index in [0.29, 0.717) is 6.54 Å². The van der Waals surface area contributed by atoms with Gasteiger partial charge in [0.15, 0.2) is 0 Å². The van der Waals surface area contributed by atoms with Gasteiger partial charge >= 0.3 is 0 Å². The van der Waals surface area contributed by atoms with Crippen LogP contribution in [0.15, 0.2) is 36.7 Å². The van der Waals surface area contributed by atoms with Gasteiger partial charge < -0.3 is 11.1 Å². The Kier molecular flexibility index (Phi) is 4.13. The largest absolute Gasteiger partial charge is 0.340 e. The number of hydrogen-bond acceptors (Lipinski definition) is 5. The zero-order valence-corrected chi connectivity index (χ0v) is 12.8. The van der Waals surface area contributed by atoms with Crippen LogP contribution in [-0.4, -0.2) is 16.5 Å². The van der Waals surface area contributed by atoms with E-state index in [4.69, 9.17) is 5.73 Å². The molecule has 3 rings (SSSR count). The number of thiophene rings is 1. The number of hydrogen-bond donors (Lipinski definition) is 2. The van der Waals surface area contributed by atoms with Crippen molar-refractivity contribution in [3.05, 3.63) is 47.1 Å². The Labute approximate surface area is 128 Å². The first kappa shape index (κ1) is 14.0. The van der Waals surface area contributed by atoms with Crippen LogP contribution in [0, 0.1) is 0 Å². The Morgan fingerprint density at radius 2 is 2.00 bits per heavy atom. The van der Waals surface area contributed by atoms with Gasteiger partial charge in [-0.25, -0.2) is 9.97 Å². The lowest BCUT2D eigenvalue weighted by atomic mass is 10.1. The molecule has 1 aromatic carbocycles. The average Bonchev–Trinajstić information content (AvgIpc) is 2.94. The molecule has 0 radical (unpaired) electrons. The molecule has 0 atom stereocenters. The first-order valence-corrected chi connectivity index (χ1v) is 7.91. The average molecular weight is 298 g/mol. The van der Waals surface area contributed by atoms with Gasteiger partial charge in [-0.15, -0.1) is 11.3 Å². The summed E-state index contributed by atoms with van der Waals surface area (Å²) < 4.78 is 0. The topological polar surface area (TPSA) is 63.8 Å². The van der Waals surface area contributed by atoms with Crippen molar-refractivity contribution in [2.45, 2.75) is 19.8 Å². The normalized spacial score (nSPS) is 11.0. The van der Waals surface area contributed by atoms with Gasteiger partial charge in [0.25, 0.3) is 0 Å². The van der Waals surface area contributed by atoms with E-state index in [-0.39, 0.29) is 0 Å². The molecule has 108 valence electrons. The highest BCUT2D eigenvalue weighted by atomic mass is 32.1. The SMILES string of the molecule is CCc1cc2c(Nc3ccc(CCN)cc3)ncnc2s1. The van der Waals surface area contributed by atoms with Crippen LogP contribution >= 0.6 is 11.3 Å². The lowest BCUT2D eigenvalue weighted by Crippen LogP contribution is -2.02. The third-order valence-electron chi connectivity index (χ3n) is 3.38. The van der Waals surface area contributed by atoms with E-state index in [2.05, 4.69) is 52.5 Å². The van der Waals surface area contributed by atoms with Gasteiger partial charge in [-0.3, -0.25) is 0 Å². The van der Waals surface area contributed by atoms with Gasteiger partial charge in [0, 0.05) is 10.6 Å². The molecule has 0 amide bonds. The van der Waals surface area contributed by atoms with Crippen LogP contribution in [0.3, 0.4) is 0 Å². The molecule has 0 bridgehead atoms. The van der Waals surface area contributed by atoms with Gasteiger partial charge in [0.1, 0.15) is 17.0 Å². The molecule has 0 fully saturated rings. The first-order chi connectivity index (χ1) is 10.3. The fourth-order valence-electron chi connectivity index (χ4n) is 2.24. The Hall–Kier alpha value is -1.98. The second-order valence-electron chi connectivity index (χ2n) is 4.87.